The highest BCUT2D eigenvalue weighted by atomic mass is 16.6. The number of hydrogen-bond donors (Lipinski definition) is 0. The Hall–Kier alpha value is -1.59. The molecule has 1 amide bonds. The fourth-order valence-electron chi connectivity index (χ4n) is 5.39. The van der Waals surface area contributed by atoms with Gasteiger partial charge in [0.1, 0.15) is 5.75 Å². The molecule has 5 nitrogen and oxygen atoms in total. The predicted molar refractivity (Wildman–Crippen MR) is 112 cm³/mol. The molecule has 2 saturated heterocycles. The van der Waals surface area contributed by atoms with Gasteiger partial charge in [0.05, 0.1) is 0 Å². The van der Waals surface area contributed by atoms with Crippen LogP contribution < -0.4 is 4.74 Å². The minimum Gasteiger partial charge on any atom is -0.410 e. The second-order valence-electron chi connectivity index (χ2n) is 8.88. The van der Waals surface area contributed by atoms with E-state index in [0.29, 0.717) is 12.0 Å². The quantitative estimate of drug-likeness (QED) is 0.774. The summed E-state index contributed by atoms with van der Waals surface area (Å²) in [6.45, 7) is 6.29. The van der Waals surface area contributed by atoms with Gasteiger partial charge in [0.25, 0.3) is 0 Å². The average molecular weight is 386 g/mol. The van der Waals surface area contributed by atoms with E-state index in [1.165, 1.54) is 87.3 Å². The summed E-state index contributed by atoms with van der Waals surface area (Å²) >= 11 is 0. The predicted octanol–water partition coefficient (Wildman–Crippen LogP) is 3.73. The molecule has 1 aromatic rings. The summed E-state index contributed by atoms with van der Waals surface area (Å²) in [5, 5.41) is 0. The van der Waals surface area contributed by atoms with E-state index in [-0.39, 0.29) is 6.09 Å². The number of nitrogens with zero attached hydrogens (tertiary/aromatic N) is 3. The third kappa shape index (κ3) is 4.20. The molecular formula is C23H35N3O2. The molecular weight excluding hydrogens is 350 g/mol. The molecule has 1 aromatic carbocycles. The maximum Gasteiger partial charge on any atom is 0.414 e. The van der Waals surface area contributed by atoms with E-state index in [4.69, 9.17) is 4.74 Å². The van der Waals surface area contributed by atoms with Crippen LogP contribution in [0, 0.1) is 0 Å². The smallest absolute Gasteiger partial charge is 0.410 e. The Morgan fingerprint density at radius 1 is 1.11 bits per heavy atom. The minimum atomic E-state index is -0.290. The highest BCUT2D eigenvalue weighted by Crippen LogP contribution is 2.44. The van der Waals surface area contributed by atoms with E-state index < -0.39 is 0 Å². The third-order valence-corrected chi connectivity index (χ3v) is 6.85. The van der Waals surface area contributed by atoms with E-state index >= 15 is 0 Å². The lowest BCUT2D eigenvalue weighted by molar-refractivity contribution is 0.170. The van der Waals surface area contributed by atoms with Crippen molar-refractivity contribution >= 4 is 6.09 Å². The van der Waals surface area contributed by atoms with Gasteiger partial charge < -0.3 is 14.5 Å². The van der Waals surface area contributed by atoms with Crippen LogP contribution in [0.4, 0.5) is 4.79 Å². The number of piperidine rings is 1. The van der Waals surface area contributed by atoms with Crippen molar-refractivity contribution < 1.29 is 9.53 Å². The summed E-state index contributed by atoms with van der Waals surface area (Å²) in [4.78, 5) is 18.9. The number of ether oxygens (including phenoxy) is 1. The number of carbonyl (C=O) groups excluding carboxylic acids is 1. The Bertz CT molecular complexity index is 684. The minimum absolute atomic E-state index is 0.290. The highest BCUT2D eigenvalue weighted by molar-refractivity contribution is 5.70. The number of rotatable bonds is 5. The van der Waals surface area contributed by atoms with E-state index in [9.17, 15) is 4.79 Å². The number of likely N-dealkylation sites (tertiary alicyclic amines) is 2. The molecule has 2 fully saturated rings. The van der Waals surface area contributed by atoms with Crippen molar-refractivity contribution in [2.45, 2.75) is 56.9 Å². The largest absolute Gasteiger partial charge is 0.414 e. The average Bonchev–Trinajstić information content (AvgIpc) is 3.12. The van der Waals surface area contributed by atoms with Crippen LogP contribution in [0.5, 0.6) is 5.75 Å². The van der Waals surface area contributed by atoms with E-state index in [2.05, 4.69) is 21.9 Å². The van der Waals surface area contributed by atoms with Crippen molar-refractivity contribution in [2.24, 2.45) is 0 Å². The molecule has 154 valence electrons. The fraction of sp³-hybridized carbons (Fsp3) is 0.696. The van der Waals surface area contributed by atoms with Crippen molar-refractivity contribution in [3.05, 3.63) is 29.3 Å². The second-order valence-corrected chi connectivity index (χ2v) is 8.88. The topological polar surface area (TPSA) is 36.0 Å². The van der Waals surface area contributed by atoms with Gasteiger partial charge in [-0.05, 0) is 88.4 Å². The first-order valence-corrected chi connectivity index (χ1v) is 11.1. The van der Waals surface area contributed by atoms with Crippen LogP contribution in [0.3, 0.4) is 0 Å². The normalized spacial score (nSPS) is 25.2. The molecule has 2 aliphatic heterocycles. The second kappa shape index (κ2) is 8.83. The van der Waals surface area contributed by atoms with Gasteiger partial charge in [-0.1, -0.05) is 18.6 Å². The Morgan fingerprint density at radius 2 is 1.93 bits per heavy atom. The van der Waals surface area contributed by atoms with Gasteiger partial charge in [-0.3, -0.25) is 4.90 Å². The van der Waals surface area contributed by atoms with Crippen LogP contribution in [0.2, 0.25) is 0 Å². The molecule has 0 unspecified atom stereocenters. The zero-order chi connectivity index (χ0) is 19.5. The van der Waals surface area contributed by atoms with Gasteiger partial charge in [-0.2, -0.15) is 0 Å². The monoisotopic (exact) mass is 385 g/mol. The number of carbonyl (C=O) groups is 1. The van der Waals surface area contributed by atoms with Gasteiger partial charge >= 0.3 is 6.09 Å². The maximum atomic E-state index is 12.0. The maximum absolute atomic E-state index is 12.0. The van der Waals surface area contributed by atoms with Crippen molar-refractivity contribution in [1.82, 2.24) is 14.7 Å². The van der Waals surface area contributed by atoms with Crippen LogP contribution in [0.1, 0.15) is 55.6 Å². The van der Waals surface area contributed by atoms with Crippen LogP contribution >= 0.6 is 0 Å². The first-order valence-electron chi connectivity index (χ1n) is 11.1. The molecule has 2 atom stereocenters. The molecule has 0 bridgehead atoms. The lowest BCUT2D eigenvalue weighted by Gasteiger charge is -2.34. The molecule has 3 aliphatic rings. The molecule has 0 N–H and O–H groups in total. The van der Waals surface area contributed by atoms with Crippen LogP contribution in [0.25, 0.3) is 0 Å². The third-order valence-electron chi connectivity index (χ3n) is 6.85. The van der Waals surface area contributed by atoms with Gasteiger partial charge in [-0.25, -0.2) is 4.79 Å². The number of fused-ring (bicyclic) bond motifs is 3. The summed E-state index contributed by atoms with van der Waals surface area (Å²) in [5.74, 6) is 1.36. The fourth-order valence-corrected chi connectivity index (χ4v) is 5.39. The Labute approximate surface area is 169 Å². The lowest BCUT2D eigenvalue weighted by Crippen LogP contribution is -2.38. The number of amides is 1. The van der Waals surface area contributed by atoms with Crippen LogP contribution in [-0.4, -0.2) is 73.7 Å². The first kappa shape index (κ1) is 19.7. The van der Waals surface area contributed by atoms with Gasteiger partial charge in [0, 0.05) is 26.1 Å². The molecule has 28 heavy (non-hydrogen) atoms. The highest BCUT2D eigenvalue weighted by Gasteiger charge is 2.39. The SMILES string of the molecule is CN(C)C(=O)Oc1cccc2c1CC[C@@H]1[C@H]2CCN1CCCN1CCCCC1. The zero-order valence-corrected chi connectivity index (χ0v) is 17.5. The zero-order valence-electron chi connectivity index (χ0n) is 17.5. The molecule has 4 rings (SSSR count). The molecule has 2 heterocycles. The number of hydrogen-bond acceptors (Lipinski definition) is 4. The summed E-state index contributed by atoms with van der Waals surface area (Å²) < 4.78 is 5.65. The summed E-state index contributed by atoms with van der Waals surface area (Å²) in [5.41, 5.74) is 2.67. The van der Waals surface area contributed by atoms with Crippen molar-refractivity contribution in [3.8, 4) is 5.75 Å². The molecule has 5 heteroatoms. The molecule has 0 radical (unpaired) electrons. The van der Waals surface area contributed by atoms with Crippen LogP contribution in [0.15, 0.2) is 18.2 Å². The summed E-state index contributed by atoms with van der Waals surface area (Å²) in [7, 11) is 3.46. The molecule has 0 spiro atoms. The Morgan fingerprint density at radius 3 is 2.71 bits per heavy atom. The molecule has 0 saturated carbocycles. The van der Waals surface area contributed by atoms with Crippen molar-refractivity contribution in [3.63, 3.8) is 0 Å². The van der Waals surface area contributed by atoms with E-state index in [0.717, 1.165) is 12.2 Å². The van der Waals surface area contributed by atoms with Gasteiger partial charge in [0.15, 0.2) is 0 Å². The standard InChI is InChI=1S/C23H35N3O2/c1-24(2)23(27)28-22-9-6-8-18-19-12-17-26(21(19)11-10-20(18)22)16-7-15-25-13-4-3-5-14-25/h6,8-9,19,21H,3-5,7,10-17H2,1-2H3/t19-,21+/m0/s1. The Kier molecular flexibility index (Phi) is 6.22. The summed E-state index contributed by atoms with van der Waals surface area (Å²) in [6, 6.07) is 6.93. The van der Waals surface area contributed by atoms with Gasteiger partial charge in [0.2, 0.25) is 0 Å². The molecule has 0 aromatic heterocycles. The Balaban J connectivity index is 1.37. The lowest BCUT2D eigenvalue weighted by atomic mass is 9.79. The van der Waals surface area contributed by atoms with Crippen molar-refractivity contribution in [1.29, 1.82) is 0 Å². The van der Waals surface area contributed by atoms with Gasteiger partial charge in [-0.15, -0.1) is 0 Å². The first-order chi connectivity index (χ1) is 13.6. The van der Waals surface area contributed by atoms with Crippen LogP contribution in [-0.2, 0) is 6.42 Å². The summed E-state index contributed by atoms with van der Waals surface area (Å²) in [6.07, 6.45) is 8.59. The van der Waals surface area contributed by atoms with E-state index in [1.54, 1.807) is 14.1 Å². The number of benzene rings is 1. The van der Waals surface area contributed by atoms with E-state index in [1.807, 2.05) is 6.07 Å². The van der Waals surface area contributed by atoms with Crippen molar-refractivity contribution in [2.75, 3.05) is 46.8 Å². The molecule has 1 aliphatic carbocycles.